The number of aryl methyl sites for hydroxylation is 1. The summed E-state index contributed by atoms with van der Waals surface area (Å²) < 4.78 is 5.08. The van der Waals surface area contributed by atoms with Gasteiger partial charge in [-0.15, -0.1) is 0 Å². The number of nitrogen functional groups attached to an aromatic ring is 1. The number of rotatable bonds is 6. The molecular weight excluding hydrogens is 240 g/mol. The van der Waals surface area contributed by atoms with Gasteiger partial charge < -0.3 is 15.4 Å². The average molecular weight is 264 g/mol. The van der Waals surface area contributed by atoms with Crippen LogP contribution in [0.2, 0.25) is 0 Å². The Bertz CT molecular complexity index is 432. The van der Waals surface area contributed by atoms with E-state index in [1.807, 2.05) is 30.9 Å². The van der Waals surface area contributed by atoms with Crippen molar-refractivity contribution in [2.75, 3.05) is 26.0 Å². The normalized spacial score (nSPS) is 12.2. The van der Waals surface area contributed by atoms with Crippen LogP contribution >= 0.6 is 0 Å². The Labute approximate surface area is 115 Å². The number of benzene rings is 1. The first-order chi connectivity index (χ1) is 9.01. The number of anilines is 1. The molecule has 0 saturated carbocycles. The zero-order valence-electron chi connectivity index (χ0n) is 12.3. The molecule has 0 saturated heterocycles. The van der Waals surface area contributed by atoms with Crippen molar-refractivity contribution in [1.29, 1.82) is 0 Å². The summed E-state index contributed by atoms with van der Waals surface area (Å²) >= 11 is 0. The van der Waals surface area contributed by atoms with Gasteiger partial charge >= 0.3 is 0 Å². The molecule has 1 rings (SSSR count). The third-order valence-electron chi connectivity index (χ3n) is 3.36. The molecule has 1 atom stereocenters. The molecule has 0 heterocycles. The molecule has 106 valence electrons. The van der Waals surface area contributed by atoms with E-state index in [0.29, 0.717) is 24.4 Å². The smallest absolute Gasteiger partial charge is 0.256 e. The minimum Gasteiger partial charge on any atom is -0.398 e. The summed E-state index contributed by atoms with van der Waals surface area (Å²) in [6, 6.07) is 5.71. The monoisotopic (exact) mass is 264 g/mol. The minimum atomic E-state index is -0.0242. The van der Waals surface area contributed by atoms with Crippen LogP contribution in [-0.4, -0.2) is 37.1 Å². The summed E-state index contributed by atoms with van der Waals surface area (Å²) in [5.41, 5.74) is 8.12. The number of nitrogens with zero attached hydrogens (tertiary/aromatic N) is 1. The summed E-state index contributed by atoms with van der Waals surface area (Å²) in [5, 5.41) is 0. The van der Waals surface area contributed by atoms with Crippen molar-refractivity contribution < 1.29 is 9.53 Å². The third-order valence-corrected chi connectivity index (χ3v) is 3.36. The first-order valence-corrected chi connectivity index (χ1v) is 6.67. The van der Waals surface area contributed by atoms with E-state index >= 15 is 0 Å². The molecule has 0 aliphatic heterocycles. The number of ether oxygens (including phenoxy) is 1. The van der Waals surface area contributed by atoms with Gasteiger partial charge in [-0.1, -0.05) is 13.0 Å². The number of methoxy groups -OCH3 is 1. The maximum atomic E-state index is 12.6. The van der Waals surface area contributed by atoms with E-state index in [9.17, 15) is 4.79 Å². The molecule has 2 N–H and O–H groups in total. The highest BCUT2D eigenvalue weighted by Crippen LogP contribution is 2.18. The van der Waals surface area contributed by atoms with Gasteiger partial charge in [-0.05, 0) is 38.0 Å². The molecule has 0 bridgehead atoms. The van der Waals surface area contributed by atoms with Crippen LogP contribution in [0.3, 0.4) is 0 Å². The van der Waals surface area contributed by atoms with Gasteiger partial charge in [0.05, 0.1) is 12.2 Å². The Morgan fingerprint density at radius 1 is 1.47 bits per heavy atom. The van der Waals surface area contributed by atoms with Crippen LogP contribution in [-0.2, 0) is 4.74 Å². The molecule has 0 aliphatic carbocycles. The van der Waals surface area contributed by atoms with Gasteiger partial charge in [-0.3, -0.25) is 4.79 Å². The number of carbonyl (C=O) groups excluding carboxylic acids is 1. The fourth-order valence-electron chi connectivity index (χ4n) is 1.96. The van der Waals surface area contributed by atoms with Crippen LogP contribution in [0.1, 0.15) is 36.2 Å². The molecule has 0 spiro atoms. The fourth-order valence-corrected chi connectivity index (χ4v) is 1.96. The van der Waals surface area contributed by atoms with E-state index in [1.54, 1.807) is 13.2 Å². The highest BCUT2D eigenvalue weighted by Gasteiger charge is 2.21. The van der Waals surface area contributed by atoms with Crippen molar-refractivity contribution in [3.8, 4) is 0 Å². The number of nitrogens with two attached hydrogens (primary N) is 1. The largest absolute Gasteiger partial charge is 0.398 e. The Morgan fingerprint density at radius 3 is 2.68 bits per heavy atom. The van der Waals surface area contributed by atoms with E-state index in [-0.39, 0.29) is 11.9 Å². The molecule has 0 aliphatic rings. The van der Waals surface area contributed by atoms with Gasteiger partial charge in [0, 0.05) is 25.4 Å². The van der Waals surface area contributed by atoms with Crippen molar-refractivity contribution in [3.05, 3.63) is 29.3 Å². The van der Waals surface area contributed by atoms with Crippen LogP contribution in [0.25, 0.3) is 0 Å². The lowest BCUT2D eigenvalue weighted by molar-refractivity contribution is 0.0615. The van der Waals surface area contributed by atoms with Crippen LogP contribution in [0, 0.1) is 6.92 Å². The summed E-state index contributed by atoms with van der Waals surface area (Å²) in [4.78, 5) is 14.4. The van der Waals surface area contributed by atoms with Crippen molar-refractivity contribution in [3.63, 3.8) is 0 Å². The average Bonchev–Trinajstić information content (AvgIpc) is 2.38. The molecule has 4 heteroatoms. The van der Waals surface area contributed by atoms with E-state index in [4.69, 9.17) is 10.5 Å². The van der Waals surface area contributed by atoms with Gasteiger partial charge in [0.2, 0.25) is 0 Å². The highest BCUT2D eigenvalue weighted by atomic mass is 16.5. The van der Waals surface area contributed by atoms with Crippen LogP contribution < -0.4 is 5.73 Å². The van der Waals surface area contributed by atoms with Crippen LogP contribution in [0.4, 0.5) is 5.69 Å². The van der Waals surface area contributed by atoms with Gasteiger partial charge in [0.1, 0.15) is 0 Å². The Morgan fingerprint density at radius 2 is 2.16 bits per heavy atom. The lowest BCUT2D eigenvalue weighted by Gasteiger charge is -2.29. The van der Waals surface area contributed by atoms with Crippen molar-refractivity contribution in [1.82, 2.24) is 4.90 Å². The molecular formula is C15H24N2O2. The SMILES string of the molecule is CCC(C)N(CCOC)C(=O)c1ccc(C)cc1N. The molecule has 0 radical (unpaired) electrons. The van der Waals surface area contributed by atoms with Gasteiger partial charge in [0.25, 0.3) is 5.91 Å². The van der Waals surface area contributed by atoms with E-state index < -0.39 is 0 Å². The molecule has 0 fully saturated rings. The van der Waals surface area contributed by atoms with Crippen LogP contribution in [0.5, 0.6) is 0 Å². The van der Waals surface area contributed by atoms with Gasteiger partial charge in [-0.2, -0.15) is 0 Å². The van der Waals surface area contributed by atoms with E-state index in [1.165, 1.54) is 0 Å². The zero-order chi connectivity index (χ0) is 14.4. The number of amides is 1. The minimum absolute atomic E-state index is 0.0242. The second-order valence-electron chi connectivity index (χ2n) is 4.84. The summed E-state index contributed by atoms with van der Waals surface area (Å²) in [6.07, 6.45) is 0.904. The standard InChI is InChI=1S/C15H24N2O2/c1-5-12(3)17(8-9-19-4)15(18)13-7-6-11(2)10-14(13)16/h6-7,10,12H,5,8-9,16H2,1-4H3. The maximum absolute atomic E-state index is 12.6. The first-order valence-electron chi connectivity index (χ1n) is 6.67. The highest BCUT2D eigenvalue weighted by molar-refractivity contribution is 5.99. The topological polar surface area (TPSA) is 55.6 Å². The van der Waals surface area contributed by atoms with E-state index in [2.05, 4.69) is 6.92 Å². The second kappa shape index (κ2) is 7.14. The Hall–Kier alpha value is -1.55. The lowest BCUT2D eigenvalue weighted by Crippen LogP contribution is -2.40. The quantitative estimate of drug-likeness (QED) is 0.803. The van der Waals surface area contributed by atoms with Gasteiger partial charge in [-0.25, -0.2) is 0 Å². The third kappa shape index (κ3) is 3.96. The Kier molecular flexibility index (Phi) is 5.83. The fraction of sp³-hybridized carbons (Fsp3) is 0.533. The summed E-state index contributed by atoms with van der Waals surface area (Å²) in [5.74, 6) is -0.0242. The number of hydrogen-bond acceptors (Lipinski definition) is 3. The lowest BCUT2D eigenvalue weighted by atomic mass is 10.1. The molecule has 1 unspecified atom stereocenters. The predicted octanol–water partition coefficient (Wildman–Crippen LogP) is 2.46. The maximum Gasteiger partial charge on any atom is 0.256 e. The van der Waals surface area contributed by atoms with Crippen molar-refractivity contribution in [2.45, 2.75) is 33.2 Å². The second-order valence-corrected chi connectivity index (χ2v) is 4.84. The molecule has 1 aromatic carbocycles. The molecule has 0 aromatic heterocycles. The zero-order valence-corrected chi connectivity index (χ0v) is 12.3. The summed E-state index contributed by atoms with van der Waals surface area (Å²) in [6.45, 7) is 7.18. The van der Waals surface area contributed by atoms with E-state index in [0.717, 1.165) is 12.0 Å². The van der Waals surface area contributed by atoms with Crippen molar-refractivity contribution >= 4 is 11.6 Å². The molecule has 1 amide bonds. The molecule has 19 heavy (non-hydrogen) atoms. The van der Waals surface area contributed by atoms with Gasteiger partial charge in [0.15, 0.2) is 0 Å². The Balaban J connectivity index is 2.97. The summed E-state index contributed by atoms with van der Waals surface area (Å²) in [7, 11) is 1.64. The predicted molar refractivity (Wildman–Crippen MR) is 78.3 cm³/mol. The van der Waals surface area contributed by atoms with Crippen molar-refractivity contribution in [2.24, 2.45) is 0 Å². The first kappa shape index (κ1) is 15.5. The molecule has 1 aromatic rings. The molecule has 4 nitrogen and oxygen atoms in total. The number of carbonyl (C=O) groups is 1. The number of hydrogen-bond donors (Lipinski definition) is 1. The van der Waals surface area contributed by atoms with Crippen LogP contribution in [0.15, 0.2) is 18.2 Å².